The number of alkyl halides is 3. The zero-order chi connectivity index (χ0) is 13.8. The fraction of sp³-hybridized carbons (Fsp3) is 0.909. The van der Waals surface area contributed by atoms with Crippen molar-refractivity contribution >= 4 is 5.97 Å². The highest BCUT2D eigenvalue weighted by Crippen LogP contribution is 2.27. The zero-order valence-electron chi connectivity index (χ0n) is 9.91. The molecule has 0 radical (unpaired) electrons. The highest BCUT2D eigenvalue weighted by Gasteiger charge is 2.44. The molecule has 1 aliphatic rings. The molecule has 0 aliphatic heterocycles. The molecular formula is C11H18F3NO3. The van der Waals surface area contributed by atoms with Gasteiger partial charge in [-0.1, -0.05) is 12.8 Å². The van der Waals surface area contributed by atoms with Gasteiger partial charge in [0.05, 0.1) is 6.10 Å². The molecule has 18 heavy (non-hydrogen) atoms. The number of carboxylic acid groups (broad SMARTS) is 1. The van der Waals surface area contributed by atoms with E-state index in [2.05, 4.69) is 5.32 Å². The largest absolute Gasteiger partial charge is 0.481 e. The average molecular weight is 269 g/mol. The van der Waals surface area contributed by atoms with E-state index in [1.807, 2.05) is 0 Å². The van der Waals surface area contributed by atoms with Crippen LogP contribution in [0.25, 0.3) is 0 Å². The lowest BCUT2D eigenvalue weighted by atomic mass is 9.86. The van der Waals surface area contributed by atoms with Crippen molar-refractivity contribution in [3.63, 3.8) is 0 Å². The van der Waals surface area contributed by atoms with Crippen LogP contribution in [0.1, 0.15) is 25.7 Å². The lowest BCUT2D eigenvalue weighted by molar-refractivity contribution is -0.192. The Kier molecular flexibility index (Phi) is 5.40. The van der Waals surface area contributed by atoms with Gasteiger partial charge in [-0.25, -0.2) is 0 Å². The SMILES string of the molecule is O=C(O)C(CNCC1CCCCC1O)C(F)(F)F. The van der Waals surface area contributed by atoms with Crippen molar-refractivity contribution in [2.75, 3.05) is 13.1 Å². The standard InChI is InChI=1S/C11H18F3NO3/c12-11(13,14)8(10(17)18)6-15-5-7-3-1-2-4-9(7)16/h7-9,15-16H,1-6H2,(H,17,18). The molecule has 0 saturated heterocycles. The predicted molar refractivity (Wildman–Crippen MR) is 58.0 cm³/mol. The Balaban J connectivity index is 2.37. The molecule has 4 nitrogen and oxygen atoms in total. The minimum absolute atomic E-state index is 0.0820. The third-order valence-corrected chi connectivity index (χ3v) is 3.32. The quantitative estimate of drug-likeness (QED) is 0.705. The third kappa shape index (κ3) is 4.45. The fourth-order valence-electron chi connectivity index (χ4n) is 2.18. The molecule has 106 valence electrons. The van der Waals surface area contributed by atoms with Gasteiger partial charge in [0, 0.05) is 13.1 Å². The maximum atomic E-state index is 12.3. The molecule has 1 saturated carbocycles. The summed E-state index contributed by atoms with van der Waals surface area (Å²) >= 11 is 0. The Morgan fingerprint density at radius 1 is 1.33 bits per heavy atom. The van der Waals surface area contributed by atoms with Gasteiger partial charge >= 0.3 is 12.1 Å². The molecule has 1 rings (SSSR count). The van der Waals surface area contributed by atoms with Crippen molar-refractivity contribution in [3.05, 3.63) is 0 Å². The second kappa shape index (κ2) is 6.38. The molecule has 0 heterocycles. The van der Waals surface area contributed by atoms with Crippen LogP contribution in [0.2, 0.25) is 0 Å². The van der Waals surface area contributed by atoms with Crippen LogP contribution < -0.4 is 5.32 Å². The first kappa shape index (κ1) is 15.2. The number of rotatable bonds is 5. The Morgan fingerprint density at radius 3 is 2.44 bits per heavy atom. The Labute approximate surface area is 103 Å². The summed E-state index contributed by atoms with van der Waals surface area (Å²) in [7, 11) is 0. The van der Waals surface area contributed by atoms with Gasteiger partial charge in [-0.2, -0.15) is 13.2 Å². The van der Waals surface area contributed by atoms with E-state index >= 15 is 0 Å². The highest BCUT2D eigenvalue weighted by molar-refractivity contribution is 5.71. The first-order chi connectivity index (χ1) is 8.32. The van der Waals surface area contributed by atoms with E-state index in [0.29, 0.717) is 6.42 Å². The van der Waals surface area contributed by atoms with Gasteiger partial charge in [-0.15, -0.1) is 0 Å². The topological polar surface area (TPSA) is 69.6 Å². The zero-order valence-corrected chi connectivity index (χ0v) is 9.91. The van der Waals surface area contributed by atoms with E-state index in [4.69, 9.17) is 5.11 Å². The highest BCUT2D eigenvalue weighted by atomic mass is 19.4. The minimum atomic E-state index is -4.75. The van der Waals surface area contributed by atoms with Gasteiger partial charge < -0.3 is 15.5 Å². The summed E-state index contributed by atoms with van der Waals surface area (Å²) in [6, 6.07) is 0. The molecule has 7 heteroatoms. The smallest absolute Gasteiger partial charge is 0.403 e. The lowest BCUT2D eigenvalue weighted by Gasteiger charge is -2.28. The van der Waals surface area contributed by atoms with Crippen molar-refractivity contribution < 1.29 is 28.2 Å². The predicted octanol–water partition coefficient (Wildman–Crippen LogP) is 1.39. The molecule has 0 aromatic rings. The van der Waals surface area contributed by atoms with Gasteiger partial charge in [0.15, 0.2) is 5.92 Å². The maximum absolute atomic E-state index is 12.3. The van der Waals surface area contributed by atoms with Gasteiger partial charge in [-0.3, -0.25) is 4.79 Å². The number of hydrogen-bond donors (Lipinski definition) is 3. The van der Waals surface area contributed by atoms with Gasteiger partial charge in [-0.05, 0) is 18.8 Å². The Hall–Kier alpha value is -0.820. The van der Waals surface area contributed by atoms with Crippen LogP contribution in [0, 0.1) is 11.8 Å². The number of aliphatic hydroxyl groups is 1. The molecule has 0 aromatic carbocycles. The normalized spacial score (nSPS) is 26.9. The van der Waals surface area contributed by atoms with Crippen molar-refractivity contribution in [2.24, 2.45) is 11.8 Å². The van der Waals surface area contributed by atoms with Crippen LogP contribution in [0.15, 0.2) is 0 Å². The molecule has 0 bridgehead atoms. The second-order valence-corrected chi connectivity index (χ2v) is 4.70. The van der Waals surface area contributed by atoms with E-state index in [1.54, 1.807) is 0 Å². The summed E-state index contributed by atoms with van der Waals surface area (Å²) < 4.78 is 37.0. The fourth-order valence-corrected chi connectivity index (χ4v) is 2.18. The van der Waals surface area contributed by atoms with E-state index < -0.39 is 30.7 Å². The van der Waals surface area contributed by atoms with Crippen LogP contribution >= 0.6 is 0 Å². The number of halogens is 3. The molecule has 3 unspecified atom stereocenters. The summed E-state index contributed by atoms with van der Waals surface area (Å²) in [6.07, 6.45) is -1.95. The second-order valence-electron chi connectivity index (χ2n) is 4.70. The van der Waals surface area contributed by atoms with E-state index in [0.717, 1.165) is 19.3 Å². The first-order valence-electron chi connectivity index (χ1n) is 6.00. The number of hydrogen-bond acceptors (Lipinski definition) is 3. The monoisotopic (exact) mass is 269 g/mol. The van der Waals surface area contributed by atoms with Crippen LogP contribution in [0.4, 0.5) is 13.2 Å². The van der Waals surface area contributed by atoms with Crippen molar-refractivity contribution in [1.29, 1.82) is 0 Å². The van der Waals surface area contributed by atoms with Crippen LogP contribution in [-0.4, -0.2) is 41.6 Å². The van der Waals surface area contributed by atoms with E-state index in [1.165, 1.54) is 0 Å². The minimum Gasteiger partial charge on any atom is -0.481 e. The van der Waals surface area contributed by atoms with Crippen molar-refractivity contribution in [3.8, 4) is 0 Å². The molecule has 1 fully saturated rings. The number of carbonyl (C=O) groups is 1. The van der Waals surface area contributed by atoms with Gasteiger partial charge in [0.1, 0.15) is 0 Å². The van der Waals surface area contributed by atoms with Crippen molar-refractivity contribution in [2.45, 2.75) is 38.0 Å². The number of aliphatic hydroxyl groups excluding tert-OH is 1. The Morgan fingerprint density at radius 2 is 1.94 bits per heavy atom. The third-order valence-electron chi connectivity index (χ3n) is 3.32. The molecule has 1 aliphatic carbocycles. The summed E-state index contributed by atoms with van der Waals surface area (Å²) in [4.78, 5) is 10.5. The molecule has 3 atom stereocenters. The molecule has 0 aromatic heterocycles. The van der Waals surface area contributed by atoms with Crippen molar-refractivity contribution in [1.82, 2.24) is 5.32 Å². The molecule has 0 spiro atoms. The maximum Gasteiger partial charge on any atom is 0.403 e. The summed E-state index contributed by atoms with van der Waals surface area (Å²) in [5.74, 6) is -4.35. The molecular weight excluding hydrogens is 251 g/mol. The summed E-state index contributed by atoms with van der Waals surface area (Å²) in [5.41, 5.74) is 0. The van der Waals surface area contributed by atoms with Gasteiger partial charge in [0.2, 0.25) is 0 Å². The number of aliphatic carboxylic acids is 1. The summed E-state index contributed by atoms with van der Waals surface area (Å²) in [5, 5.41) is 20.6. The van der Waals surface area contributed by atoms with Crippen LogP contribution in [-0.2, 0) is 4.79 Å². The van der Waals surface area contributed by atoms with Gasteiger partial charge in [0.25, 0.3) is 0 Å². The number of nitrogens with one attached hydrogen (secondary N) is 1. The van der Waals surface area contributed by atoms with Crippen LogP contribution in [0.3, 0.4) is 0 Å². The summed E-state index contributed by atoms with van der Waals surface area (Å²) in [6.45, 7) is -0.427. The molecule has 3 N–H and O–H groups in total. The first-order valence-corrected chi connectivity index (χ1v) is 6.00. The molecule has 0 amide bonds. The van der Waals surface area contributed by atoms with Crippen LogP contribution in [0.5, 0.6) is 0 Å². The van der Waals surface area contributed by atoms with E-state index in [9.17, 15) is 23.1 Å². The average Bonchev–Trinajstić information content (AvgIpc) is 2.24. The Bertz CT molecular complexity index is 283. The van der Waals surface area contributed by atoms with E-state index in [-0.39, 0.29) is 12.5 Å². The lowest BCUT2D eigenvalue weighted by Crippen LogP contribution is -2.42. The number of carboxylic acids is 1.